The van der Waals surface area contributed by atoms with E-state index in [1.165, 1.54) is 11.1 Å². The second kappa shape index (κ2) is 6.06. The first-order valence-electron chi connectivity index (χ1n) is 6.41. The Bertz CT molecular complexity index is 358. The van der Waals surface area contributed by atoms with E-state index in [0.717, 1.165) is 5.75 Å². The molecular weight excluding hydrogens is 212 g/mol. The zero-order valence-electron chi connectivity index (χ0n) is 11.5. The van der Waals surface area contributed by atoms with Crippen molar-refractivity contribution in [2.75, 3.05) is 0 Å². The van der Waals surface area contributed by atoms with Gasteiger partial charge < -0.3 is 9.84 Å². The van der Waals surface area contributed by atoms with Gasteiger partial charge in [0, 0.05) is 0 Å². The van der Waals surface area contributed by atoms with Crippen molar-refractivity contribution in [1.29, 1.82) is 0 Å². The van der Waals surface area contributed by atoms with Crippen LogP contribution in [-0.2, 0) is 0 Å². The average molecular weight is 236 g/mol. The van der Waals surface area contributed by atoms with E-state index in [2.05, 4.69) is 26.8 Å². The van der Waals surface area contributed by atoms with E-state index in [1.54, 1.807) is 0 Å². The van der Waals surface area contributed by atoms with Crippen molar-refractivity contribution < 1.29 is 9.84 Å². The van der Waals surface area contributed by atoms with Gasteiger partial charge in [0.15, 0.2) is 0 Å². The van der Waals surface area contributed by atoms with Crippen molar-refractivity contribution >= 4 is 0 Å². The quantitative estimate of drug-likeness (QED) is 0.845. The molecule has 0 heterocycles. The van der Waals surface area contributed by atoms with Crippen LogP contribution in [0.2, 0.25) is 0 Å². The minimum Gasteiger partial charge on any atom is -0.488 e. The summed E-state index contributed by atoms with van der Waals surface area (Å²) in [7, 11) is 0. The maximum absolute atomic E-state index is 9.67. The van der Waals surface area contributed by atoms with Crippen LogP contribution in [0.25, 0.3) is 0 Å². The summed E-state index contributed by atoms with van der Waals surface area (Å²) in [5, 5.41) is 9.67. The molecule has 1 N–H and O–H groups in total. The summed E-state index contributed by atoms with van der Waals surface area (Å²) in [5.74, 6) is 1.37. The molecule has 0 amide bonds. The van der Waals surface area contributed by atoms with Crippen LogP contribution in [0.3, 0.4) is 0 Å². The van der Waals surface area contributed by atoms with Gasteiger partial charge >= 0.3 is 0 Å². The van der Waals surface area contributed by atoms with Crippen LogP contribution >= 0.6 is 0 Å². The Hall–Kier alpha value is -1.02. The van der Waals surface area contributed by atoms with Crippen LogP contribution in [0.15, 0.2) is 18.2 Å². The highest BCUT2D eigenvalue weighted by Crippen LogP contribution is 2.24. The lowest BCUT2D eigenvalue weighted by Crippen LogP contribution is -2.27. The lowest BCUT2D eigenvalue weighted by molar-refractivity contribution is 0.0451. The Labute approximate surface area is 105 Å². The first kappa shape index (κ1) is 14.0. The number of aryl methyl sites for hydroxylation is 1. The van der Waals surface area contributed by atoms with Gasteiger partial charge in [0.05, 0.1) is 6.10 Å². The maximum atomic E-state index is 9.67. The van der Waals surface area contributed by atoms with Crippen LogP contribution in [0.1, 0.15) is 51.2 Å². The van der Waals surface area contributed by atoms with E-state index in [4.69, 9.17) is 4.74 Å². The SMILES string of the molecule is CCC(O)C(C)Oc1ccc(C(C)C)c(C)c1. The van der Waals surface area contributed by atoms with Gasteiger partial charge in [-0.15, -0.1) is 0 Å². The molecule has 1 aromatic carbocycles. The molecule has 96 valence electrons. The molecule has 2 heteroatoms. The lowest BCUT2D eigenvalue weighted by Gasteiger charge is -2.20. The minimum atomic E-state index is -0.403. The molecule has 0 aliphatic heterocycles. The average Bonchev–Trinajstić information content (AvgIpc) is 2.27. The molecule has 0 aromatic heterocycles. The van der Waals surface area contributed by atoms with Gasteiger partial charge in [0.1, 0.15) is 11.9 Å². The molecule has 2 unspecified atom stereocenters. The second-order valence-corrected chi connectivity index (χ2v) is 4.97. The largest absolute Gasteiger partial charge is 0.488 e. The summed E-state index contributed by atoms with van der Waals surface area (Å²) in [6, 6.07) is 6.15. The Kier molecular flexibility index (Phi) is 5.01. The highest BCUT2D eigenvalue weighted by atomic mass is 16.5. The molecule has 0 spiro atoms. The van der Waals surface area contributed by atoms with Gasteiger partial charge in [-0.3, -0.25) is 0 Å². The standard InChI is InChI=1S/C15H24O2/c1-6-15(16)12(5)17-13-7-8-14(10(2)3)11(4)9-13/h7-10,12,15-16H,6H2,1-5H3. The van der Waals surface area contributed by atoms with Gasteiger partial charge in [-0.1, -0.05) is 26.8 Å². The Morgan fingerprint density at radius 2 is 1.88 bits per heavy atom. The van der Waals surface area contributed by atoms with Gasteiger partial charge in [0.25, 0.3) is 0 Å². The normalized spacial score (nSPS) is 14.8. The molecule has 0 bridgehead atoms. The van der Waals surface area contributed by atoms with E-state index in [-0.39, 0.29) is 6.10 Å². The second-order valence-electron chi connectivity index (χ2n) is 4.97. The summed E-state index contributed by atoms with van der Waals surface area (Å²) in [5.41, 5.74) is 2.59. The first-order valence-corrected chi connectivity index (χ1v) is 6.41. The minimum absolute atomic E-state index is 0.163. The first-order chi connectivity index (χ1) is 7.95. The molecule has 17 heavy (non-hydrogen) atoms. The number of hydrogen-bond donors (Lipinski definition) is 1. The highest BCUT2D eigenvalue weighted by molar-refractivity contribution is 5.36. The van der Waals surface area contributed by atoms with Crippen molar-refractivity contribution in [3.8, 4) is 5.75 Å². The van der Waals surface area contributed by atoms with Crippen molar-refractivity contribution in [3.63, 3.8) is 0 Å². The topological polar surface area (TPSA) is 29.5 Å². The zero-order valence-corrected chi connectivity index (χ0v) is 11.5. The Morgan fingerprint density at radius 3 is 2.35 bits per heavy atom. The number of rotatable bonds is 5. The molecule has 0 radical (unpaired) electrons. The zero-order chi connectivity index (χ0) is 13.0. The summed E-state index contributed by atoms with van der Waals surface area (Å²) in [6.07, 6.45) is 0.147. The van der Waals surface area contributed by atoms with Gasteiger partial charge in [-0.25, -0.2) is 0 Å². The van der Waals surface area contributed by atoms with Crippen LogP contribution < -0.4 is 4.74 Å². The van der Waals surface area contributed by atoms with Crippen LogP contribution in [0.4, 0.5) is 0 Å². The molecule has 0 aliphatic carbocycles. The fourth-order valence-corrected chi connectivity index (χ4v) is 1.99. The van der Waals surface area contributed by atoms with E-state index in [0.29, 0.717) is 12.3 Å². The third-order valence-electron chi connectivity index (χ3n) is 3.15. The van der Waals surface area contributed by atoms with Crippen LogP contribution in [-0.4, -0.2) is 17.3 Å². The van der Waals surface area contributed by atoms with E-state index in [1.807, 2.05) is 26.0 Å². The molecule has 0 fully saturated rings. The smallest absolute Gasteiger partial charge is 0.122 e. The van der Waals surface area contributed by atoms with Crippen molar-refractivity contribution in [3.05, 3.63) is 29.3 Å². The predicted octanol–water partition coefficient (Wildman–Crippen LogP) is 3.66. The van der Waals surface area contributed by atoms with Crippen molar-refractivity contribution in [2.45, 2.75) is 59.2 Å². The molecule has 0 saturated heterocycles. The van der Waals surface area contributed by atoms with Gasteiger partial charge in [0.2, 0.25) is 0 Å². The summed E-state index contributed by atoms with van der Waals surface area (Å²) in [6.45, 7) is 10.3. The molecule has 2 atom stereocenters. The van der Waals surface area contributed by atoms with Crippen LogP contribution in [0, 0.1) is 6.92 Å². The molecule has 0 aliphatic rings. The fourth-order valence-electron chi connectivity index (χ4n) is 1.99. The van der Waals surface area contributed by atoms with Crippen LogP contribution in [0.5, 0.6) is 5.75 Å². The van der Waals surface area contributed by atoms with E-state index >= 15 is 0 Å². The number of benzene rings is 1. The van der Waals surface area contributed by atoms with Gasteiger partial charge in [-0.2, -0.15) is 0 Å². The van der Waals surface area contributed by atoms with Crippen molar-refractivity contribution in [1.82, 2.24) is 0 Å². The van der Waals surface area contributed by atoms with E-state index in [9.17, 15) is 5.11 Å². The molecular formula is C15H24O2. The Balaban J connectivity index is 2.77. The number of hydrogen-bond acceptors (Lipinski definition) is 2. The fraction of sp³-hybridized carbons (Fsp3) is 0.600. The Morgan fingerprint density at radius 1 is 1.24 bits per heavy atom. The number of aliphatic hydroxyl groups is 1. The highest BCUT2D eigenvalue weighted by Gasteiger charge is 2.14. The maximum Gasteiger partial charge on any atom is 0.122 e. The summed E-state index contributed by atoms with van der Waals surface area (Å²) < 4.78 is 5.73. The summed E-state index contributed by atoms with van der Waals surface area (Å²) in [4.78, 5) is 0. The number of aliphatic hydroxyl groups excluding tert-OH is 1. The monoisotopic (exact) mass is 236 g/mol. The molecule has 0 saturated carbocycles. The lowest BCUT2D eigenvalue weighted by atomic mass is 9.98. The number of ether oxygens (including phenoxy) is 1. The predicted molar refractivity (Wildman–Crippen MR) is 71.7 cm³/mol. The summed E-state index contributed by atoms with van der Waals surface area (Å²) >= 11 is 0. The van der Waals surface area contributed by atoms with Crippen molar-refractivity contribution in [2.24, 2.45) is 0 Å². The molecule has 1 aromatic rings. The molecule has 1 rings (SSSR count). The van der Waals surface area contributed by atoms with Gasteiger partial charge in [-0.05, 0) is 49.4 Å². The third kappa shape index (κ3) is 3.74. The van der Waals surface area contributed by atoms with E-state index < -0.39 is 6.10 Å². The third-order valence-corrected chi connectivity index (χ3v) is 3.15. The molecule has 2 nitrogen and oxygen atoms in total.